The third kappa shape index (κ3) is 4.53. The number of hydrogen-bond acceptors (Lipinski definition) is 4. The zero-order valence-corrected chi connectivity index (χ0v) is 17.3. The molecule has 0 bridgehead atoms. The SMILES string of the molecule is COCCN(Cc1nc2cc(Cl)ccc2o1)C(=O)c1ccc(-c2ccccc2)cc1. The Morgan fingerprint density at radius 1 is 1.03 bits per heavy atom. The van der Waals surface area contributed by atoms with E-state index in [0.29, 0.717) is 40.7 Å². The van der Waals surface area contributed by atoms with Crippen LogP contribution in [0, 0.1) is 0 Å². The monoisotopic (exact) mass is 420 g/mol. The summed E-state index contributed by atoms with van der Waals surface area (Å²) in [5.74, 6) is 0.351. The normalized spacial score (nSPS) is 11.0. The van der Waals surface area contributed by atoms with Gasteiger partial charge in [-0.25, -0.2) is 4.98 Å². The second-order valence-corrected chi connectivity index (χ2v) is 7.32. The number of nitrogens with zero attached hydrogens (tertiary/aromatic N) is 2. The van der Waals surface area contributed by atoms with E-state index in [4.69, 9.17) is 20.8 Å². The van der Waals surface area contributed by atoms with Crippen LogP contribution in [-0.2, 0) is 11.3 Å². The molecule has 1 amide bonds. The smallest absolute Gasteiger partial charge is 0.254 e. The highest BCUT2D eigenvalue weighted by Crippen LogP contribution is 2.22. The van der Waals surface area contributed by atoms with Crippen LogP contribution in [0.2, 0.25) is 5.02 Å². The van der Waals surface area contributed by atoms with E-state index in [1.54, 1.807) is 30.2 Å². The van der Waals surface area contributed by atoms with Gasteiger partial charge in [0.1, 0.15) is 5.52 Å². The summed E-state index contributed by atoms with van der Waals surface area (Å²) in [5.41, 5.74) is 4.08. The van der Waals surface area contributed by atoms with Gasteiger partial charge in [0.25, 0.3) is 5.91 Å². The topological polar surface area (TPSA) is 55.6 Å². The molecule has 0 fully saturated rings. The van der Waals surface area contributed by atoms with Crippen LogP contribution in [0.3, 0.4) is 0 Å². The van der Waals surface area contributed by atoms with Crippen molar-refractivity contribution in [2.75, 3.05) is 20.3 Å². The molecule has 4 rings (SSSR count). The van der Waals surface area contributed by atoms with E-state index in [2.05, 4.69) is 4.98 Å². The lowest BCUT2D eigenvalue weighted by molar-refractivity contribution is 0.0664. The summed E-state index contributed by atoms with van der Waals surface area (Å²) in [5, 5.41) is 0.591. The average Bonchev–Trinajstić information content (AvgIpc) is 3.18. The maximum Gasteiger partial charge on any atom is 0.254 e. The first-order chi connectivity index (χ1) is 14.6. The standard InChI is InChI=1S/C24H21ClN2O3/c1-29-14-13-27(16-23-26-21-15-20(25)11-12-22(21)30-23)24(28)19-9-7-18(8-10-19)17-5-3-2-4-6-17/h2-12,15H,13-14,16H2,1H3. The molecule has 1 aromatic heterocycles. The molecule has 0 radical (unpaired) electrons. The number of ether oxygens (including phenoxy) is 1. The summed E-state index contributed by atoms with van der Waals surface area (Å²) in [7, 11) is 1.61. The third-order valence-corrected chi connectivity index (χ3v) is 5.05. The molecule has 6 heteroatoms. The van der Waals surface area contributed by atoms with E-state index >= 15 is 0 Å². The second-order valence-electron chi connectivity index (χ2n) is 6.88. The predicted molar refractivity (Wildman–Crippen MR) is 118 cm³/mol. The molecule has 152 valence electrons. The molecule has 4 aromatic rings. The molecule has 1 heterocycles. The van der Waals surface area contributed by atoms with Gasteiger partial charge in [0, 0.05) is 24.2 Å². The molecular weight excluding hydrogens is 400 g/mol. The lowest BCUT2D eigenvalue weighted by Crippen LogP contribution is -2.33. The van der Waals surface area contributed by atoms with E-state index < -0.39 is 0 Å². The van der Waals surface area contributed by atoms with Gasteiger partial charge in [-0.1, -0.05) is 54.1 Å². The lowest BCUT2D eigenvalue weighted by Gasteiger charge is -2.21. The fraction of sp³-hybridized carbons (Fsp3) is 0.167. The van der Waals surface area contributed by atoms with Gasteiger partial charge in [-0.15, -0.1) is 0 Å². The molecule has 0 N–H and O–H groups in total. The number of hydrogen-bond donors (Lipinski definition) is 0. The minimum absolute atomic E-state index is 0.105. The van der Waals surface area contributed by atoms with Crippen molar-refractivity contribution >= 4 is 28.6 Å². The van der Waals surface area contributed by atoms with Crippen LogP contribution < -0.4 is 0 Å². The van der Waals surface area contributed by atoms with E-state index in [1.165, 1.54) is 0 Å². The summed E-state index contributed by atoms with van der Waals surface area (Å²) < 4.78 is 11.0. The first-order valence-electron chi connectivity index (χ1n) is 9.63. The molecule has 5 nitrogen and oxygen atoms in total. The highest BCUT2D eigenvalue weighted by Gasteiger charge is 2.19. The van der Waals surface area contributed by atoms with Crippen molar-refractivity contribution in [2.24, 2.45) is 0 Å². The molecule has 0 aliphatic heterocycles. The Kier molecular flexibility index (Phi) is 6.12. The number of benzene rings is 3. The largest absolute Gasteiger partial charge is 0.439 e. The minimum Gasteiger partial charge on any atom is -0.439 e. The molecule has 0 saturated heterocycles. The van der Waals surface area contributed by atoms with Gasteiger partial charge in [-0.2, -0.15) is 0 Å². The summed E-state index contributed by atoms with van der Waals surface area (Å²) >= 11 is 6.03. The number of methoxy groups -OCH3 is 1. The van der Waals surface area contributed by atoms with Crippen LogP contribution in [0.25, 0.3) is 22.2 Å². The van der Waals surface area contributed by atoms with Crippen molar-refractivity contribution < 1.29 is 13.9 Å². The minimum atomic E-state index is -0.105. The van der Waals surface area contributed by atoms with Gasteiger partial charge in [0.15, 0.2) is 5.58 Å². The van der Waals surface area contributed by atoms with Gasteiger partial charge in [0.05, 0.1) is 13.2 Å². The van der Waals surface area contributed by atoms with Crippen LogP contribution in [0.4, 0.5) is 0 Å². The first kappa shape index (κ1) is 20.1. The zero-order chi connectivity index (χ0) is 20.9. The van der Waals surface area contributed by atoms with Gasteiger partial charge in [-0.3, -0.25) is 4.79 Å². The quantitative estimate of drug-likeness (QED) is 0.399. The molecular formula is C24H21ClN2O3. The number of carbonyl (C=O) groups is 1. The summed E-state index contributed by atoms with van der Waals surface area (Å²) in [6.07, 6.45) is 0. The van der Waals surface area contributed by atoms with Gasteiger partial charge >= 0.3 is 0 Å². The molecule has 0 saturated carbocycles. The van der Waals surface area contributed by atoms with Crippen LogP contribution in [0.5, 0.6) is 0 Å². The Hall–Kier alpha value is -3.15. The molecule has 0 unspecified atom stereocenters. The Morgan fingerprint density at radius 2 is 1.77 bits per heavy atom. The van der Waals surface area contributed by atoms with Crippen molar-refractivity contribution in [3.63, 3.8) is 0 Å². The van der Waals surface area contributed by atoms with Crippen molar-refractivity contribution in [3.8, 4) is 11.1 Å². The van der Waals surface area contributed by atoms with Crippen LogP contribution in [0.1, 0.15) is 16.2 Å². The highest BCUT2D eigenvalue weighted by atomic mass is 35.5. The third-order valence-electron chi connectivity index (χ3n) is 4.81. The highest BCUT2D eigenvalue weighted by molar-refractivity contribution is 6.31. The number of aromatic nitrogens is 1. The fourth-order valence-corrected chi connectivity index (χ4v) is 3.42. The van der Waals surface area contributed by atoms with E-state index in [1.807, 2.05) is 54.6 Å². The molecule has 30 heavy (non-hydrogen) atoms. The predicted octanol–water partition coefficient (Wildman–Crippen LogP) is 5.44. The van der Waals surface area contributed by atoms with E-state index in [0.717, 1.165) is 11.1 Å². The van der Waals surface area contributed by atoms with E-state index in [9.17, 15) is 4.79 Å². The van der Waals surface area contributed by atoms with Crippen molar-refractivity contribution in [1.82, 2.24) is 9.88 Å². The van der Waals surface area contributed by atoms with Crippen molar-refractivity contribution in [1.29, 1.82) is 0 Å². The zero-order valence-electron chi connectivity index (χ0n) is 16.5. The Labute approximate surface area is 179 Å². The number of halogens is 1. The maximum atomic E-state index is 13.2. The van der Waals surface area contributed by atoms with Crippen molar-refractivity contribution in [3.05, 3.63) is 89.3 Å². The van der Waals surface area contributed by atoms with Gasteiger partial charge < -0.3 is 14.1 Å². The molecule has 0 spiro atoms. The van der Waals surface area contributed by atoms with Crippen LogP contribution in [0.15, 0.2) is 77.2 Å². The Morgan fingerprint density at radius 3 is 2.50 bits per heavy atom. The number of oxazole rings is 1. The number of carbonyl (C=O) groups excluding carboxylic acids is 1. The lowest BCUT2D eigenvalue weighted by atomic mass is 10.0. The number of rotatable bonds is 7. The van der Waals surface area contributed by atoms with Crippen LogP contribution >= 0.6 is 11.6 Å². The molecule has 0 aliphatic carbocycles. The Balaban J connectivity index is 1.55. The summed E-state index contributed by atoms with van der Waals surface area (Å²) in [6, 6.07) is 22.9. The van der Waals surface area contributed by atoms with Gasteiger partial charge in [0.2, 0.25) is 5.89 Å². The Bertz CT molecular complexity index is 1140. The second kappa shape index (κ2) is 9.11. The molecule has 0 aliphatic rings. The fourth-order valence-electron chi connectivity index (χ4n) is 3.25. The summed E-state index contributed by atoms with van der Waals surface area (Å²) in [6.45, 7) is 1.09. The van der Waals surface area contributed by atoms with Crippen molar-refractivity contribution in [2.45, 2.75) is 6.54 Å². The van der Waals surface area contributed by atoms with Gasteiger partial charge in [-0.05, 0) is 41.5 Å². The van der Waals surface area contributed by atoms with E-state index in [-0.39, 0.29) is 12.5 Å². The maximum absolute atomic E-state index is 13.2. The molecule has 0 atom stereocenters. The van der Waals surface area contributed by atoms with Crippen LogP contribution in [-0.4, -0.2) is 36.1 Å². The average molecular weight is 421 g/mol. The number of fused-ring (bicyclic) bond motifs is 1. The summed E-state index contributed by atoms with van der Waals surface area (Å²) in [4.78, 5) is 19.3. The first-order valence-corrected chi connectivity index (χ1v) is 10.0. The number of amides is 1. The molecule has 3 aromatic carbocycles.